The highest BCUT2D eigenvalue weighted by atomic mass is 35.5. The van der Waals surface area contributed by atoms with E-state index in [1.165, 1.54) is 18.2 Å². The molecule has 3 rings (SSSR count). The molecular weight excluding hydrogens is 523 g/mol. The van der Waals surface area contributed by atoms with Gasteiger partial charge in [0.25, 0.3) is 15.9 Å². The van der Waals surface area contributed by atoms with E-state index in [9.17, 15) is 13.2 Å². The number of nitrogens with zero attached hydrogens (tertiary/aromatic N) is 2. The number of hydrogen-bond donors (Lipinski definition) is 2. The second kappa shape index (κ2) is 11.0. The first-order valence-corrected chi connectivity index (χ1v) is 13.3. The Morgan fingerprint density at radius 2 is 1.84 bits per heavy atom. The van der Waals surface area contributed by atoms with Gasteiger partial charge in [0.2, 0.25) is 9.47 Å². The van der Waals surface area contributed by atoms with Crippen molar-refractivity contribution in [2.75, 3.05) is 17.6 Å². The summed E-state index contributed by atoms with van der Waals surface area (Å²) in [4.78, 5) is 12.3. The van der Waals surface area contributed by atoms with E-state index in [4.69, 9.17) is 34.8 Å². The van der Waals surface area contributed by atoms with Gasteiger partial charge in [-0.05, 0) is 29.8 Å². The maximum Gasteiger partial charge on any atom is 0.269 e. The summed E-state index contributed by atoms with van der Waals surface area (Å²) in [5, 5.41) is 11.1. The van der Waals surface area contributed by atoms with E-state index < -0.39 is 15.9 Å². The number of thioether (sulfide) groups is 1. The Morgan fingerprint density at radius 1 is 1.06 bits per heavy atom. The summed E-state index contributed by atoms with van der Waals surface area (Å²) in [7, 11) is -3.85. The quantitative estimate of drug-likeness (QED) is 0.295. The van der Waals surface area contributed by atoms with E-state index in [2.05, 4.69) is 20.2 Å². The van der Waals surface area contributed by atoms with Gasteiger partial charge in [-0.1, -0.05) is 64.3 Å². The highest BCUT2D eigenvalue weighted by Crippen LogP contribution is 2.24. The van der Waals surface area contributed by atoms with Crippen LogP contribution in [0.1, 0.15) is 15.9 Å². The molecule has 0 aliphatic carbocycles. The number of halogens is 3. The minimum atomic E-state index is -3.85. The van der Waals surface area contributed by atoms with Crippen LogP contribution in [-0.2, 0) is 15.8 Å². The number of benzene rings is 2. The average Bonchev–Trinajstić information content (AvgIpc) is 3.18. The fourth-order valence-electron chi connectivity index (χ4n) is 2.31. The molecule has 0 aliphatic rings. The van der Waals surface area contributed by atoms with Crippen LogP contribution < -0.4 is 10.0 Å². The molecule has 13 heteroatoms. The lowest BCUT2D eigenvalue weighted by Crippen LogP contribution is -2.26. The summed E-state index contributed by atoms with van der Waals surface area (Å²) >= 11 is 20.2. The summed E-state index contributed by atoms with van der Waals surface area (Å²) < 4.78 is 27.0. The van der Waals surface area contributed by atoms with E-state index in [1.54, 1.807) is 11.8 Å². The number of sulfonamides is 1. The van der Waals surface area contributed by atoms with Crippen molar-refractivity contribution in [3.05, 3.63) is 68.7 Å². The largest absolute Gasteiger partial charge is 0.296 e. The van der Waals surface area contributed by atoms with Gasteiger partial charge >= 0.3 is 0 Å². The summed E-state index contributed by atoms with van der Waals surface area (Å²) in [6, 6.07) is 11.9. The van der Waals surface area contributed by atoms with Gasteiger partial charge < -0.3 is 0 Å². The molecule has 2 aromatic carbocycles. The Kier molecular flexibility index (Phi) is 8.57. The molecule has 164 valence electrons. The van der Waals surface area contributed by atoms with Gasteiger partial charge in [0.15, 0.2) is 0 Å². The molecule has 0 saturated carbocycles. The number of nitrogens with one attached hydrogen (secondary N) is 2. The monoisotopic (exact) mass is 536 g/mol. The Morgan fingerprint density at radius 3 is 2.58 bits per heavy atom. The SMILES string of the molecule is O=C(Nc1nnc(S(=O)(=O)NCCSCc2ccccc2Cl)s1)c1ccc(Cl)cc1Cl. The Hall–Kier alpha value is -1.40. The molecule has 0 spiro atoms. The highest BCUT2D eigenvalue weighted by Gasteiger charge is 2.21. The van der Waals surface area contributed by atoms with Crippen LogP contribution >= 0.6 is 57.9 Å². The van der Waals surface area contributed by atoms with Crippen LogP contribution in [0.4, 0.5) is 5.13 Å². The smallest absolute Gasteiger partial charge is 0.269 e. The van der Waals surface area contributed by atoms with Crippen molar-refractivity contribution in [3.8, 4) is 0 Å². The first kappa shape index (κ1) is 24.2. The van der Waals surface area contributed by atoms with E-state index in [0.29, 0.717) is 21.6 Å². The number of rotatable bonds is 9. The van der Waals surface area contributed by atoms with Gasteiger partial charge in [-0.25, -0.2) is 13.1 Å². The van der Waals surface area contributed by atoms with Crippen LogP contribution in [0.5, 0.6) is 0 Å². The highest BCUT2D eigenvalue weighted by molar-refractivity contribution is 7.98. The van der Waals surface area contributed by atoms with Crippen molar-refractivity contribution in [1.82, 2.24) is 14.9 Å². The molecule has 7 nitrogen and oxygen atoms in total. The van der Waals surface area contributed by atoms with Crippen LogP contribution in [-0.4, -0.2) is 36.8 Å². The normalized spacial score (nSPS) is 11.5. The molecular formula is C18H15Cl3N4O3S3. The summed E-state index contributed by atoms with van der Waals surface area (Å²) in [5.74, 6) is 0.664. The zero-order valence-corrected chi connectivity index (χ0v) is 20.4. The second-order valence-corrected chi connectivity index (χ2v) is 11.3. The zero-order valence-electron chi connectivity index (χ0n) is 15.6. The number of amides is 1. The Labute approximate surface area is 202 Å². The van der Waals surface area contributed by atoms with Crippen LogP contribution in [0, 0.1) is 0 Å². The Bertz CT molecular complexity index is 1190. The van der Waals surface area contributed by atoms with Crippen LogP contribution in [0.25, 0.3) is 0 Å². The number of carbonyl (C=O) groups is 1. The maximum atomic E-state index is 12.4. The molecule has 0 unspecified atom stereocenters. The Balaban J connectivity index is 1.52. The number of hydrogen-bond acceptors (Lipinski definition) is 7. The zero-order chi connectivity index (χ0) is 22.4. The van der Waals surface area contributed by atoms with E-state index in [1.807, 2.05) is 24.3 Å². The molecule has 1 amide bonds. The third kappa shape index (κ3) is 6.79. The average molecular weight is 538 g/mol. The lowest BCUT2D eigenvalue weighted by Gasteiger charge is -2.05. The fraction of sp³-hybridized carbons (Fsp3) is 0.167. The third-order valence-electron chi connectivity index (χ3n) is 3.79. The predicted molar refractivity (Wildman–Crippen MR) is 127 cm³/mol. The predicted octanol–water partition coefficient (Wildman–Crippen LogP) is 4.96. The van der Waals surface area contributed by atoms with Gasteiger partial charge in [0.05, 0.1) is 10.6 Å². The van der Waals surface area contributed by atoms with Crippen molar-refractivity contribution in [1.29, 1.82) is 0 Å². The molecule has 0 radical (unpaired) electrons. The van der Waals surface area contributed by atoms with Crippen molar-refractivity contribution in [2.45, 2.75) is 10.1 Å². The molecule has 3 aromatic rings. The van der Waals surface area contributed by atoms with Crippen molar-refractivity contribution >= 4 is 79.0 Å². The van der Waals surface area contributed by atoms with E-state index in [0.717, 1.165) is 16.9 Å². The molecule has 0 atom stereocenters. The van der Waals surface area contributed by atoms with Crippen LogP contribution in [0.15, 0.2) is 46.8 Å². The van der Waals surface area contributed by atoms with Crippen LogP contribution in [0.3, 0.4) is 0 Å². The lowest BCUT2D eigenvalue weighted by atomic mass is 10.2. The third-order valence-corrected chi connectivity index (χ3v) is 8.38. The minimum Gasteiger partial charge on any atom is -0.296 e. The topological polar surface area (TPSA) is 101 Å². The fourth-order valence-corrected chi connectivity index (χ4v) is 6.05. The van der Waals surface area contributed by atoms with Crippen LogP contribution in [0.2, 0.25) is 15.1 Å². The molecule has 1 heterocycles. The van der Waals surface area contributed by atoms with Gasteiger partial charge in [0, 0.05) is 28.1 Å². The summed E-state index contributed by atoms with van der Waals surface area (Å²) in [6.07, 6.45) is 0. The van der Waals surface area contributed by atoms with Crippen molar-refractivity contribution in [3.63, 3.8) is 0 Å². The maximum absolute atomic E-state index is 12.4. The molecule has 0 bridgehead atoms. The number of anilines is 1. The van der Waals surface area contributed by atoms with Crippen molar-refractivity contribution in [2.24, 2.45) is 0 Å². The van der Waals surface area contributed by atoms with E-state index in [-0.39, 0.29) is 26.6 Å². The minimum absolute atomic E-state index is 0.0319. The molecule has 31 heavy (non-hydrogen) atoms. The van der Waals surface area contributed by atoms with Gasteiger partial charge in [-0.15, -0.1) is 10.2 Å². The molecule has 0 fully saturated rings. The first-order chi connectivity index (χ1) is 14.8. The summed E-state index contributed by atoms with van der Waals surface area (Å²) in [5.41, 5.74) is 1.17. The lowest BCUT2D eigenvalue weighted by molar-refractivity contribution is 0.102. The van der Waals surface area contributed by atoms with Gasteiger partial charge in [-0.2, -0.15) is 11.8 Å². The van der Waals surface area contributed by atoms with Crippen molar-refractivity contribution < 1.29 is 13.2 Å². The first-order valence-electron chi connectivity index (χ1n) is 8.67. The standard InChI is InChI=1S/C18H15Cl3N4O3S3/c19-12-5-6-13(15(21)9-12)16(26)23-17-24-25-18(30-17)31(27,28)22-7-8-29-10-11-3-1-2-4-14(11)20/h1-6,9,22H,7-8,10H2,(H,23,24,26). The van der Waals surface area contributed by atoms with Gasteiger partial charge in [-0.3, -0.25) is 10.1 Å². The molecule has 1 aromatic heterocycles. The summed E-state index contributed by atoms with van der Waals surface area (Å²) in [6.45, 7) is 0.207. The molecule has 0 aliphatic heterocycles. The van der Waals surface area contributed by atoms with E-state index >= 15 is 0 Å². The number of aromatic nitrogens is 2. The number of carbonyl (C=O) groups excluding carboxylic acids is 1. The second-order valence-electron chi connectivity index (χ2n) is 5.99. The van der Waals surface area contributed by atoms with Gasteiger partial charge in [0.1, 0.15) is 0 Å². The molecule has 2 N–H and O–H groups in total. The molecule has 0 saturated heterocycles.